The van der Waals surface area contributed by atoms with E-state index in [1.165, 1.54) is 51.4 Å². The van der Waals surface area contributed by atoms with Gasteiger partial charge in [0.15, 0.2) is 0 Å². The van der Waals surface area contributed by atoms with Crippen LogP contribution in [0.5, 0.6) is 0 Å². The number of hydrogen-bond donors (Lipinski definition) is 0. The number of hydrogen-bond acceptors (Lipinski definition) is 0. The van der Waals surface area contributed by atoms with Crippen molar-refractivity contribution in [2.45, 2.75) is 70.5 Å². The van der Waals surface area contributed by atoms with Gasteiger partial charge in [-0.05, 0) is 5.92 Å². The summed E-state index contributed by atoms with van der Waals surface area (Å²) in [5, 5.41) is 0.662. The largest absolute Gasteiger partial charge is 0.109 e. The molecule has 1 unspecified atom stereocenters. The fourth-order valence-corrected chi connectivity index (χ4v) is 2.70. The predicted octanol–water partition coefficient (Wildman–Crippen LogP) is 3.57. The Morgan fingerprint density at radius 3 is 2.00 bits per heavy atom. The lowest BCUT2D eigenvalue weighted by atomic mass is 9.55. The van der Waals surface area contributed by atoms with Crippen LogP contribution in [-0.2, 0) is 0 Å². The van der Waals surface area contributed by atoms with Crippen LogP contribution in [0.3, 0.4) is 0 Å². The molecule has 1 heteroatoms. The molecule has 0 aromatic carbocycles. The average Bonchev–Trinajstić information content (AvgIpc) is 2.10. The smallest absolute Gasteiger partial charge is 0.0651 e. The van der Waals surface area contributed by atoms with Crippen LogP contribution in [0, 0.1) is 5.92 Å². The van der Waals surface area contributed by atoms with E-state index in [1.54, 1.807) is 0 Å². The van der Waals surface area contributed by atoms with Crippen molar-refractivity contribution < 1.29 is 0 Å². The molecule has 1 saturated carbocycles. The quantitative estimate of drug-likeness (QED) is 0.570. The molecule has 1 rings (SSSR count). The second-order valence-electron chi connectivity index (χ2n) is 5.23. The average molecular weight is 180 g/mol. The van der Waals surface area contributed by atoms with Gasteiger partial charge in [-0.2, -0.15) is 0 Å². The maximum Gasteiger partial charge on any atom is 0.109 e. The van der Waals surface area contributed by atoms with Gasteiger partial charge in [0.1, 0.15) is 7.85 Å². The minimum atomic E-state index is 0.662. The summed E-state index contributed by atoms with van der Waals surface area (Å²) in [6.45, 7) is 4.79. The lowest BCUT2D eigenvalue weighted by Gasteiger charge is -2.37. The van der Waals surface area contributed by atoms with Crippen LogP contribution in [0.1, 0.15) is 65.2 Å². The highest BCUT2D eigenvalue weighted by Crippen LogP contribution is 2.45. The molecule has 1 aliphatic rings. The monoisotopic (exact) mass is 180 g/mol. The summed E-state index contributed by atoms with van der Waals surface area (Å²) in [5.74, 6) is 0.922. The van der Waals surface area contributed by atoms with E-state index in [2.05, 4.69) is 21.7 Å². The molecule has 0 amide bonds. The lowest BCUT2D eigenvalue weighted by molar-refractivity contribution is 0.295. The molecule has 0 saturated heterocycles. The van der Waals surface area contributed by atoms with E-state index >= 15 is 0 Å². The molecule has 0 aromatic rings. The van der Waals surface area contributed by atoms with Crippen molar-refractivity contribution in [3.8, 4) is 0 Å². The second kappa shape index (κ2) is 5.07. The number of rotatable bonds is 2. The van der Waals surface area contributed by atoms with Crippen molar-refractivity contribution in [3.05, 3.63) is 0 Å². The van der Waals surface area contributed by atoms with Crippen LogP contribution in [0.4, 0.5) is 0 Å². The zero-order valence-corrected chi connectivity index (χ0v) is 9.73. The summed E-state index contributed by atoms with van der Waals surface area (Å²) in [6.07, 6.45) is 11.7. The van der Waals surface area contributed by atoms with Gasteiger partial charge < -0.3 is 0 Å². The van der Waals surface area contributed by atoms with Gasteiger partial charge in [0.25, 0.3) is 0 Å². The molecule has 1 atom stereocenters. The summed E-state index contributed by atoms with van der Waals surface area (Å²) in [5.41, 5.74) is 0. The Kier molecular flexibility index (Phi) is 4.35. The van der Waals surface area contributed by atoms with Gasteiger partial charge in [-0.15, -0.1) is 0 Å². The molecule has 0 aliphatic heterocycles. The summed E-state index contributed by atoms with van der Waals surface area (Å²) < 4.78 is 0. The third-order valence-electron chi connectivity index (χ3n) is 4.30. The Bertz CT molecular complexity index is 134. The Labute approximate surface area is 84.9 Å². The fraction of sp³-hybridized carbons (Fsp3) is 1.00. The molecule has 0 N–H and O–H groups in total. The summed E-state index contributed by atoms with van der Waals surface area (Å²) >= 11 is 0. The van der Waals surface area contributed by atoms with Crippen LogP contribution in [0.2, 0.25) is 5.31 Å². The standard InChI is InChI=1S/C12H25B/c1-3-11(2)12(13)9-7-5-4-6-8-10-12/h11H,3-10,13H2,1-2H3. The Hall–Kier alpha value is 0.0649. The summed E-state index contributed by atoms with van der Waals surface area (Å²) in [4.78, 5) is 0. The molecule has 0 bridgehead atoms. The van der Waals surface area contributed by atoms with E-state index in [-0.39, 0.29) is 0 Å². The molecule has 0 nitrogen and oxygen atoms in total. The molecular weight excluding hydrogens is 155 g/mol. The third-order valence-corrected chi connectivity index (χ3v) is 4.30. The van der Waals surface area contributed by atoms with Crippen LogP contribution in [-0.4, -0.2) is 7.85 Å². The summed E-state index contributed by atoms with van der Waals surface area (Å²) in [6, 6.07) is 0. The molecule has 1 aliphatic carbocycles. The van der Waals surface area contributed by atoms with E-state index in [9.17, 15) is 0 Å². The molecule has 0 radical (unpaired) electrons. The van der Waals surface area contributed by atoms with Gasteiger partial charge in [0, 0.05) is 0 Å². The van der Waals surface area contributed by atoms with E-state index in [0.717, 1.165) is 5.92 Å². The van der Waals surface area contributed by atoms with Gasteiger partial charge in [-0.25, -0.2) is 0 Å². The first kappa shape index (κ1) is 11.1. The summed E-state index contributed by atoms with van der Waals surface area (Å²) in [7, 11) is 2.52. The van der Waals surface area contributed by atoms with Gasteiger partial charge in [0.05, 0.1) is 0 Å². The van der Waals surface area contributed by atoms with Crippen LogP contribution < -0.4 is 0 Å². The van der Waals surface area contributed by atoms with Crippen molar-refractivity contribution in [1.82, 2.24) is 0 Å². The normalized spacial score (nSPS) is 26.0. The minimum absolute atomic E-state index is 0.662. The highest BCUT2D eigenvalue weighted by atomic mass is 14.3. The molecule has 13 heavy (non-hydrogen) atoms. The van der Waals surface area contributed by atoms with Gasteiger partial charge in [-0.1, -0.05) is 70.5 Å². The van der Waals surface area contributed by atoms with Crippen molar-refractivity contribution >= 4 is 7.85 Å². The topological polar surface area (TPSA) is 0 Å². The maximum atomic E-state index is 2.52. The minimum Gasteiger partial charge on any atom is -0.0651 e. The van der Waals surface area contributed by atoms with Crippen molar-refractivity contribution in [2.75, 3.05) is 0 Å². The van der Waals surface area contributed by atoms with Crippen LogP contribution in [0.25, 0.3) is 0 Å². The molecule has 1 fully saturated rings. The molecule has 76 valence electrons. The highest BCUT2D eigenvalue weighted by molar-refractivity contribution is 6.15. The third kappa shape index (κ3) is 3.04. The highest BCUT2D eigenvalue weighted by Gasteiger charge is 2.29. The van der Waals surface area contributed by atoms with E-state index in [0.29, 0.717) is 5.31 Å². The first-order chi connectivity index (χ1) is 6.19. The lowest BCUT2D eigenvalue weighted by Crippen LogP contribution is -2.22. The molecule has 0 heterocycles. The first-order valence-corrected chi connectivity index (χ1v) is 6.19. The van der Waals surface area contributed by atoms with Crippen molar-refractivity contribution in [2.24, 2.45) is 5.92 Å². The van der Waals surface area contributed by atoms with E-state index in [4.69, 9.17) is 0 Å². The predicted molar refractivity (Wildman–Crippen MR) is 63.0 cm³/mol. The van der Waals surface area contributed by atoms with E-state index < -0.39 is 0 Å². The zero-order chi connectivity index (χ0) is 9.73. The molecular formula is C12H25B. The molecule has 0 aromatic heterocycles. The van der Waals surface area contributed by atoms with Crippen LogP contribution in [0.15, 0.2) is 0 Å². The van der Waals surface area contributed by atoms with Gasteiger partial charge in [-0.3, -0.25) is 0 Å². The first-order valence-electron chi connectivity index (χ1n) is 6.19. The molecule has 0 spiro atoms. The zero-order valence-electron chi connectivity index (χ0n) is 9.73. The maximum absolute atomic E-state index is 2.52. The Balaban J connectivity index is 2.51. The second-order valence-corrected chi connectivity index (χ2v) is 5.23. The Morgan fingerprint density at radius 2 is 1.54 bits per heavy atom. The Morgan fingerprint density at radius 1 is 1.08 bits per heavy atom. The van der Waals surface area contributed by atoms with Crippen LogP contribution >= 0.6 is 0 Å². The fourth-order valence-electron chi connectivity index (χ4n) is 2.70. The van der Waals surface area contributed by atoms with Crippen molar-refractivity contribution in [3.63, 3.8) is 0 Å². The SMILES string of the molecule is BC1(C(C)CC)CCCCCCC1. The van der Waals surface area contributed by atoms with E-state index in [1.807, 2.05) is 0 Å². The van der Waals surface area contributed by atoms with Gasteiger partial charge >= 0.3 is 0 Å². The van der Waals surface area contributed by atoms with Gasteiger partial charge in [0.2, 0.25) is 0 Å². The van der Waals surface area contributed by atoms with Crippen molar-refractivity contribution in [1.29, 1.82) is 0 Å².